The highest BCUT2D eigenvalue weighted by molar-refractivity contribution is 5.89. The zero-order valence-electron chi connectivity index (χ0n) is 26.4. The van der Waals surface area contributed by atoms with Crippen molar-refractivity contribution in [2.24, 2.45) is 70.0 Å². The monoisotopic (exact) mass is 564 g/mol. The number of carbonyl (C=O) groups is 4. The summed E-state index contributed by atoms with van der Waals surface area (Å²) in [4.78, 5) is 45.8. The Bertz CT molecular complexity index is 973. The largest absolute Gasteiger partial charge is 0.299 e. The minimum atomic E-state index is 0.120. The third-order valence-electron chi connectivity index (χ3n) is 13.6. The van der Waals surface area contributed by atoms with Gasteiger partial charge in [0.15, 0.2) is 0 Å². The van der Waals surface area contributed by atoms with E-state index in [2.05, 4.69) is 20.8 Å². The molecule has 11 rings (SSSR count). The molecule has 41 heavy (non-hydrogen) atoms. The molecule has 8 unspecified atom stereocenters. The van der Waals surface area contributed by atoms with E-state index in [9.17, 15) is 19.2 Å². The number of ketones is 4. The predicted molar refractivity (Wildman–Crippen MR) is 161 cm³/mol. The molecule has 0 heterocycles. The Hall–Kier alpha value is -1.32. The van der Waals surface area contributed by atoms with Crippen molar-refractivity contribution in [1.82, 2.24) is 0 Å². The zero-order valence-corrected chi connectivity index (χ0v) is 26.4. The molecule has 8 atom stereocenters. The fourth-order valence-electron chi connectivity index (χ4n) is 11.8. The van der Waals surface area contributed by atoms with Crippen LogP contribution in [0.4, 0.5) is 0 Å². The number of hydrogen-bond donors (Lipinski definition) is 0. The average molecular weight is 565 g/mol. The molecule has 0 aromatic heterocycles. The lowest BCUT2D eigenvalue weighted by atomic mass is 9.49. The van der Waals surface area contributed by atoms with Gasteiger partial charge in [0.1, 0.15) is 23.1 Å². The van der Waals surface area contributed by atoms with Crippen LogP contribution in [0.25, 0.3) is 0 Å². The van der Waals surface area contributed by atoms with E-state index in [0.717, 1.165) is 48.9 Å². The highest BCUT2D eigenvalue weighted by Crippen LogP contribution is 2.58. The van der Waals surface area contributed by atoms with E-state index < -0.39 is 0 Å². The van der Waals surface area contributed by atoms with Gasteiger partial charge in [-0.25, -0.2) is 0 Å². The van der Waals surface area contributed by atoms with E-state index in [-0.39, 0.29) is 10.8 Å². The first-order valence-electron chi connectivity index (χ1n) is 17.6. The first-order valence-corrected chi connectivity index (χ1v) is 17.6. The van der Waals surface area contributed by atoms with E-state index in [0.29, 0.717) is 52.7 Å². The van der Waals surface area contributed by atoms with E-state index in [1.54, 1.807) is 0 Å². The molecule has 11 aliphatic carbocycles. The molecule has 10 bridgehead atoms. The van der Waals surface area contributed by atoms with Crippen molar-refractivity contribution in [3.05, 3.63) is 0 Å². The second kappa shape index (κ2) is 11.3. The van der Waals surface area contributed by atoms with Crippen LogP contribution in [0.3, 0.4) is 0 Å². The predicted octanol–water partition coefficient (Wildman–Crippen LogP) is 8.19. The molecule has 0 aliphatic heterocycles. The van der Waals surface area contributed by atoms with Crippen molar-refractivity contribution in [1.29, 1.82) is 0 Å². The highest BCUT2D eigenvalue weighted by atomic mass is 16.1. The summed E-state index contributed by atoms with van der Waals surface area (Å²) >= 11 is 0. The van der Waals surface area contributed by atoms with Crippen molar-refractivity contribution in [3.63, 3.8) is 0 Å². The lowest BCUT2D eigenvalue weighted by Crippen LogP contribution is -2.51. The number of carbonyl (C=O) groups excluding carboxylic acids is 4. The van der Waals surface area contributed by atoms with E-state index in [1.165, 1.54) is 89.9 Å². The van der Waals surface area contributed by atoms with Gasteiger partial charge < -0.3 is 0 Å². The Labute approximate surface area is 248 Å². The maximum absolute atomic E-state index is 11.9. The standard InChI is InChI=1S/2C11H16O.C8H12O.C7H12O/c2*1-11-5-7-2-8(6-11)4-9(3-7)10(11)12;1-5-6-2-3-7(4-6)8(5)9;1-6-4-2-3-5-7(6)8/h2*7-9H,2-6H2,1H3;5-7H,2-4H2,1H3;6H,2-5H2,1H3. The molecule has 11 fully saturated rings. The fourth-order valence-corrected chi connectivity index (χ4v) is 11.8. The van der Waals surface area contributed by atoms with E-state index in [4.69, 9.17) is 0 Å². The van der Waals surface area contributed by atoms with Crippen LogP contribution in [0.15, 0.2) is 0 Å². The Balaban J connectivity index is 0.0000000999. The van der Waals surface area contributed by atoms with Crippen molar-refractivity contribution in [2.45, 2.75) is 137 Å². The van der Waals surface area contributed by atoms with Gasteiger partial charge in [0.25, 0.3) is 0 Å². The van der Waals surface area contributed by atoms with Crippen LogP contribution in [0.5, 0.6) is 0 Å². The normalized spacial score (nSPS) is 49.7. The van der Waals surface area contributed by atoms with Gasteiger partial charge in [-0.2, -0.15) is 0 Å². The Morgan fingerprint density at radius 2 is 1.05 bits per heavy atom. The van der Waals surface area contributed by atoms with Gasteiger partial charge >= 0.3 is 0 Å². The topological polar surface area (TPSA) is 68.3 Å². The number of rotatable bonds is 0. The number of hydrogen-bond acceptors (Lipinski definition) is 4. The SMILES string of the molecule is CC12CC3CC(CC(C3)C1=O)C2.CC12CC3CC(CC(C3)C1=O)C2.CC1C(=O)C2CCC1C2.CC1CCCCC1=O. The quantitative estimate of drug-likeness (QED) is 0.297. The first kappa shape index (κ1) is 29.7. The summed E-state index contributed by atoms with van der Waals surface area (Å²) < 4.78 is 0. The van der Waals surface area contributed by atoms with Gasteiger partial charge in [-0.15, -0.1) is 0 Å². The van der Waals surface area contributed by atoms with Gasteiger partial charge in [0, 0.05) is 46.8 Å². The molecule has 11 saturated carbocycles. The molecular formula is C37H56O4. The van der Waals surface area contributed by atoms with Crippen LogP contribution in [0.1, 0.15) is 137 Å². The molecule has 0 N–H and O–H groups in total. The van der Waals surface area contributed by atoms with Gasteiger partial charge in [0.2, 0.25) is 0 Å². The lowest BCUT2D eigenvalue weighted by molar-refractivity contribution is -0.151. The van der Waals surface area contributed by atoms with Gasteiger partial charge in [0.05, 0.1) is 0 Å². The van der Waals surface area contributed by atoms with Crippen LogP contribution in [0, 0.1) is 70.0 Å². The smallest absolute Gasteiger partial charge is 0.141 e. The Kier molecular flexibility index (Phi) is 8.20. The van der Waals surface area contributed by atoms with E-state index >= 15 is 0 Å². The molecule has 228 valence electrons. The van der Waals surface area contributed by atoms with Gasteiger partial charge in [-0.1, -0.05) is 34.1 Å². The summed E-state index contributed by atoms with van der Waals surface area (Å²) in [5.41, 5.74) is 0.240. The summed E-state index contributed by atoms with van der Waals surface area (Å²) in [5.74, 6) is 8.82. The van der Waals surface area contributed by atoms with Crippen LogP contribution >= 0.6 is 0 Å². The highest BCUT2D eigenvalue weighted by Gasteiger charge is 2.55. The molecule has 11 aliphatic rings. The van der Waals surface area contributed by atoms with Crippen molar-refractivity contribution in [3.8, 4) is 0 Å². The molecule has 0 saturated heterocycles. The molecule has 4 nitrogen and oxygen atoms in total. The van der Waals surface area contributed by atoms with Crippen LogP contribution in [0.2, 0.25) is 0 Å². The number of fused-ring (bicyclic) bond motifs is 2. The molecule has 4 heteroatoms. The summed E-state index contributed by atoms with van der Waals surface area (Å²) in [5, 5.41) is 0. The molecule has 0 amide bonds. The van der Waals surface area contributed by atoms with Gasteiger partial charge in [-0.3, -0.25) is 19.2 Å². The minimum absolute atomic E-state index is 0.120. The van der Waals surface area contributed by atoms with Crippen LogP contribution in [-0.4, -0.2) is 23.1 Å². The second-order valence-corrected chi connectivity index (χ2v) is 17.0. The fraction of sp³-hybridized carbons (Fsp3) is 0.892. The summed E-state index contributed by atoms with van der Waals surface area (Å²) in [7, 11) is 0. The number of Topliss-reactive ketones (excluding diaryl/α,β-unsaturated/α-hetero) is 4. The van der Waals surface area contributed by atoms with Crippen LogP contribution < -0.4 is 0 Å². The summed E-state index contributed by atoms with van der Waals surface area (Å²) in [6, 6.07) is 0. The van der Waals surface area contributed by atoms with Crippen LogP contribution in [-0.2, 0) is 19.2 Å². The minimum Gasteiger partial charge on any atom is -0.299 e. The summed E-state index contributed by atoms with van der Waals surface area (Å²) in [6.45, 7) is 8.54. The lowest BCUT2D eigenvalue weighted by Gasteiger charge is -2.54. The second-order valence-electron chi connectivity index (χ2n) is 17.0. The maximum Gasteiger partial charge on any atom is 0.141 e. The molecule has 0 aromatic rings. The van der Waals surface area contributed by atoms with Gasteiger partial charge in [-0.05, 0) is 126 Å². The third-order valence-corrected chi connectivity index (χ3v) is 13.6. The maximum atomic E-state index is 11.9. The Morgan fingerprint density at radius 1 is 0.561 bits per heavy atom. The Morgan fingerprint density at radius 3 is 1.34 bits per heavy atom. The molecular weight excluding hydrogens is 508 g/mol. The van der Waals surface area contributed by atoms with Crippen molar-refractivity contribution in [2.75, 3.05) is 0 Å². The summed E-state index contributed by atoms with van der Waals surface area (Å²) in [6.07, 6.45) is 20.7. The zero-order chi connectivity index (χ0) is 29.1. The van der Waals surface area contributed by atoms with Crippen molar-refractivity contribution < 1.29 is 19.2 Å². The first-order chi connectivity index (χ1) is 19.4. The molecule has 0 radical (unpaired) electrons. The van der Waals surface area contributed by atoms with E-state index in [1.807, 2.05) is 6.92 Å². The molecule has 0 spiro atoms. The van der Waals surface area contributed by atoms with Crippen molar-refractivity contribution >= 4 is 23.1 Å². The molecule has 0 aromatic carbocycles. The third kappa shape index (κ3) is 5.81. The average Bonchev–Trinajstić information content (AvgIpc) is 3.50.